The van der Waals surface area contributed by atoms with Gasteiger partial charge >= 0.3 is 0 Å². The number of halogens is 1. The van der Waals surface area contributed by atoms with Crippen LogP contribution in [-0.4, -0.2) is 29.8 Å². The molecule has 1 atom stereocenters. The Kier molecular flexibility index (Phi) is 4.18. The molecular weight excluding hydrogens is 388 g/mol. The van der Waals surface area contributed by atoms with Gasteiger partial charge in [-0.25, -0.2) is 0 Å². The van der Waals surface area contributed by atoms with Crippen LogP contribution in [0.25, 0.3) is 0 Å². The maximum Gasteiger partial charge on any atom is 0.228 e. The molecule has 2 aliphatic heterocycles. The summed E-state index contributed by atoms with van der Waals surface area (Å²) in [6.45, 7) is 1.90. The number of carbonyl (C=O) groups excluding carboxylic acids is 2. The van der Waals surface area contributed by atoms with Gasteiger partial charge in [0.25, 0.3) is 0 Å². The second kappa shape index (κ2) is 6.33. The van der Waals surface area contributed by atoms with Crippen LogP contribution in [0.2, 0.25) is 0 Å². The zero-order valence-corrected chi connectivity index (χ0v) is 15.5. The van der Waals surface area contributed by atoms with Crippen molar-refractivity contribution in [2.24, 2.45) is 5.92 Å². The van der Waals surface area contributed by atoms with Crippen LogP contribution in [0.4, 0.5) is 5.69 Å². The first kappa shape index (κ1) is 15.8. The van der Waals surface area contributed by atoms with E-state index in [0.717, 1.165) is 23.1 Å². The predicted octanol–water partition coefficient (Wildman–Crippen LogP) is 3.45. The van der Waals surface area contributed by atoms with E-state index in [1.54, 1.807) is 16.2 Å². The SMILES string of the molecule is O=C([C@H]1CC(=O)N(c2ccccc2Br)C1)N1CCc2sccc2C1. The molecule has 0 spiro atoms. The lowest BCUT2D eigenvalue weighted by molar-refractivity contribution is -0.136. The smallest absolute Gasteiger partial charge is 0.228 e. The van der Waals surface area contributed by atoms with Gasteiger partial charge in [0.05, 0.1) is 11.6 Å². The molecule has 4 rings (SSSR count). The van der Waals surface area contributed by atoms with Crippen LogP contribution in [0.5, 0.6) is 0 Å². The van der Waals surface area contributed by atoms with Crippen LogP contribution in [-0.2, 0) is 22.6 Å². The Bertz CT molecular complexity index is 804. The Labute approximate surface area is 153 Å². The standard InChI is InChI=1S/C18H17BrN2O2S/c19-14-3-1-2-4-15(14)21-11-13(9-17(21)22)18(23)20-7-5-16-12(10-20)6-8-24-16/h1-4,6,8,13H,5,7,9-11H2/t13-/m0/s1. The number of thiophene rings is 1. The summed E-state index contributed by atoms with van der Waals surface area (Å²) in [6.07, 6.45) is 1.22. The molecule has 0 saturated carbocycles. The number of rotatable bonds is 2. The average molecular weight is 405 g/mol. The van der Waals surface area contributed by atoms with Crippen LogP contribution in [0.3, 0.4) is 0 Å². The van der Waals surface area contributed by atoms with Gasteiger partial charge in [0.2, 0.25) is 11.8 Å². The van der Waals surface area contributed by atoms with Gasteiger partial charge in [-0.15, -0.1) is 11.3 Å². The molecule has 0 aliphatic carbocycles. The highest BCUT2D eigenvalue weighted by molar-refractivity contribution is 9.10. The molecule has 0 unspecified atom stereocenters. The van der Waals surface area contributed by atoms with E-state index in [-0.39, 0.29) is 17.7 Å². The van der Waals surface area contributed by atoms with Gasteiger partial charge in [-0.1, -0.05) is 12.1 Å². The summed E-state index contributed by atoms with van der Waals surface area (Å²) < 4.78 is 0.882. The van der Waals surface area contributed by atoms with E-state index in [4.69, 9.17) is 0 Å². The Morgan fingerprint density at radius 3 is 2.92 bits per heavy atom. The third-order valence-corrected chi connectivity index (χ3v) is 6.43. The highest BCUT2D eigenvalue weighted by Crippen LogP contribution is 2.33. The summed E-state index contributed by atoms with van der Waals surface area (Å²) in [7, 11) is 0. The fraction of sp³-hybridized carbons (Fsp3) is 0.333. The molecule has 0 bridgehead atoms. The van der Waals surface area contributed by atoms with Gasteiger partial charge in [-0.2, -0.15) is 0 Å². The van der Waals surface area contributed by atoms with Gasteiger partial charge in [0.15, 0.2) is 0 Å². The molecule has 2 aromatic rings. The zero-order chi connectivity index (χ0) is 16.7. The first-order valence-electron chi connectivity index (χ1n) is 8.02. The summed E-state index contributed by atoms with van der Waals surface area (Å²) in [5.41, 5.74) is 2.10. The molecule has 4 nitrogen and oxygen atoms in total. The van der Waals surface area contributed by atoms with Crippen LogP contribution >= 0.6 is 27.3 Å². The fourth-order valence-electron chi connectivity index (χ4n) is 3.47. The van der Waals surface area contributed by atoms with Crippen molar-refractivity contribution < 1.29 is 9.59 Å². The van der Waals surface area contributed by atoms with Gasteiger partial charge in [-0.3, -0.25) is 9.59 Å². The van der Waals surface area contributed by atoms with Crippen molar-refractivity contribution in [3.8, 4) is 0 Å². The molecule has 6 heteroatoms. The van der Waals surface area contributed by atoms with Gasteiger partial charge in [0, 0.05) is 35.4 Å². The van der Waals surface area contributed by atoms with Crippen LogP contribution in [0.1, 0.15) is 16.9 Å². The third-order valence-electron chi connectivity index (χ3n) is 4.74. The Morgan fingerprint density at radius 2 is 2.08 bits per heavy atom. The number of anilines is 1. The molecule has 1 aromatic heterocycles. The Morgan fingerprint density at radius 1 is 1.25 bits per heavy atom. The minimum atomic E-state index is -0.246. The zero-order valence-electron chi connectivity index (χ0n) is 13.1. The molecule has 24 heavy (non-hydrogen) atoms. The van der Waals surface area contributed by atoms with Crippen LogP contribution < -0.4 is 4.90 Å². The number of benzene rings is 1. The summed E-state index contributed by atoms with van der Waals surface area (Å²) in [4.78, 5) is 30.3. The largest absolute Gasteiger partial charge is 0.338 e. The summed E-state index contributed by atoms with van der Waals surface area (Å²) >= 11 is 5.26. The summed E-state index contributed by atoms with van der Waals surface area (Å²) in [5, 5.41) is 2.09. The second-order valence-electron chi connectivity index (χ2n) is 6.24. The van der Waals surface area contributed by atoms with Crippen LogP contribution in [0, 0.1) is 5.92 Å². The highest BCUT2D eigenvalue weighted by Gasteiger charge is 2.38. The lowest BCUT2D eigenvalue weighted by atomic mass is 10.0. The number of nitrogens with zero attached hydrogens (tertiary/aromatic N) is 2. The number of fused-ring (bicyclic) bond motifs is 1. The molecule has 1 aromatic carbocycles. The van der Waals surface area contributed by atoms with Gasteiger partial charge < -0.3 is 9.80 Å². The van der Waals surface area contributed by atoms with Crippen molar-refractivity contribution in [1.82, 2.24) is 4.90 Å². The van der Waals surface area contributed by atoms with Crippen molar-refractivity contribution in [3.05, 3.63) is 50.6 Å². The Balaban J connectivity index is 1.49. The summed E-state index contributed by atoms with van der Waals surface area (Å²) in [6, 6.07) is 9.76. The topological polar surface area (TPSA) is 40.6 Å². The average Bonchev–Trinajstić information content (AvgIpc) is 3.20. The molecule has 1 saturated heterocycles. The number of para-hydroxylation sites is 1. The van der Waals surface area contributed by atoms with Crippen molar-refractivity contribution >= 4 is 44.8 Å². The Hall–Kier alpha value is -1.66. The minimum Gasteiger partial charge on any atom is -0.338 e. The maximum atomic E-state index is 12.9. The molecular formula is C18H17BrN2O2S. The number of carbonyl (C=O) groups is 2. The van der Waals surface area contributed by atoms with E-state index in [1.165, 1.54) is 10.4 Å². The predicted molar refractivity (Wildman–Crippen MR) is 98.0 cm³/mol. The number of hydrogen-bond acceptors (Lipinski definition) is 3. The van der Waals surface area contributed by atoms with E-state index in [9.17, 15) is 9.59 Å². The van der Waals surface area contributed by atoms with Gasteiger partial charge in [-0.05, 0) is 51.5 Å². The monoisotopic (exact) mass is 404 g/mol. The first-order valence-corrected chi connectivity index (χ1v) is 9.69. The molecule has 3 heterocycles. The van der Waals surface area contributed by atoms with Crippen molar-refractivity contribution in [3.63, 3.8) is 0 Å². The van der Waals surface area contributed by atoms with E-state index in [1.807, 2.05) is 29.2 Å². The van der Waals surface area contributed by atoms with Gasteiger partial charge in [0.1, 0.15) is 0 Å². The van der Waals surface area contributed by atoms with E-state index in [2.05, 4.69) is 27.4 Å². The second-order valence-corrected chi connectivity index (χ2v) is 8.09. The molecule has 2 amide bonds. The normalized spacial score (nSPS) is 20.4. The molecule has 0 radical (unpaired) electrons. The summed E-state index contributed by atoms with van der Waals surface area (Å²) in [5.74, 6) is -0.118. The quantitative estimate of drug-likeness (QED) is 0.768. The number of amides is 2. The number of hydrogen-bond donors (Lipinski definition) is 0. The lowest BCUT2D eigenvalue weighted by Gasteiger charge is -2.29. The first-order chi connectivity index (χ1) is 11.6. The third kappa shape index (κ3) is 2.78. The van der Waals surface area contributed by atoms with Crippen molar-refractivity contribution in [2.45, 2.75) is 19.4 Å². The molecule has 1 fully saturated rings. The molecule has 2 aliphatic rings. The van der Waals surface area contributed by atoms with E-state index >= 15 is 0 Å². The van der Waals surface area contributed by atoms with E-state index in [0.29, 0.717) is 19.5 Å². The van der Waals surface area contributed by atoms with Crippen molar-refractivity contribution in [1.29, 1.82) is 0 Å². The molecule has 124 valence electrons. The molecule has 0 N–H and O–H groups in total. The minimum absolute atomic E-state index is 0.0217. The van der Waals surface area contributed by atoms with Crippen LogP contribution in [0.15, 0.2) is 40.2 Å². The van der Waals surface area contributed by atoms with E-state index < -0.39 is 0 Å². The van der Waals surface area contributed by atoms with Crippen molar-refractivity contribution in [2.75, 3.05) is 18.0 Å². The maximum absolute atomic E-state index is 12.9. The fourth-order valence-corrected chi connectivity index (χ4v) is 4.86. The highest BCUT2D eigenvalue weighted by atomic mass is 79.9. The lowest BCUT2D eigenvalue weighted by Crippen LogP contribution is -2.40.